The Labute approximate surface area is 127 Å². The zero-order chi connectivity index (χ0) is 15.4. The molecule has 0 aliphatic rings. The summed E-state index contributed by atoms with van der Waals surface area (Å²) in [6.45, 7) is 6.00. The molecule has 1 amide bonds. The second-order valence-corrected chi connectivity index (χ2v) is 6.04. The molecule has 1 N–H and O–H groups in total. The topological polar surface area (TPSA) is 55.4 Å². The average molecular weight is 303 g/mol. The van der Waals surface area contributed by atoms with Gasteiger partial charge in [-0.05, 0) is 51.1 Å². The molecule has 1 aromatic heterocycles. The molecular formula is C16H17NO3S. The molecule has 5 heteroatoms. The van der Waals surface area contributed by atoms with Gasteiger partial charge in [-0.1, -0.05) is 0 Å². The molecule has 0 bridgehead atoms. The number of carbonyl (C=O) groups excluding carboxylic acids is 2. The third kappa shape index (κ3) is 3.70. The zero-order valence-electron chi connectivity index (χ0n) is 12.2. The van der Waals surface area contributed by atoms with Crippen LogP contribution in [0.4, 0.5) is 5.69 Å². The van der Waals surface area contributed by atoms with E-state index in [1.165, 1.54) is 0 Å². The van der Waals surface area contributed by atoms with Gasteiger partial charge >= 0.3 is 5.97 Å². The highest BCUT2D eigenvalue weighted by Gasteiger charge is 2.12. The molecule has 21 heavy (non-hydrogen) atoms. The van der Waals surface area contributed by atoms with Crippen LogP contribution in [0.3, 0.4) is 0 Å². The molecule has 0 saturated heterocycles. The summed E-state index contributed by atoms with van der Waals surface area (Å²) >= 11 is 1.60. The van der Waals surface area contributed by atoms with Crippen LogP contribution < -0.4 is 5.32 Å². The first-order valence-electron chi connectivity index (χ1n) is 6.67. The lowest BCUT2D eigenvalue weighted by Crippen LogP contribution is -2.12. The van der Waals surface area contributed by atoms with Crippen LogP contribution in [-0.2, 0) is 4.74 Å². The van der Waals surface area contributed by atoms with Crippen LogP contribution in [-0.4, -0.2) is 18.5 Å². The maximum absolute atomic E-state index is 12.2. The first-order chi connectivity index (χ1) is 10.0. The van der Waals surface area contributed by atoms with Crippen molar-refractivity contribution in [3.05, 3.63) is 51.2 Å². The van der Waals surface area contributed by atoms with Crippen molar-refractivity contribution in [1.29, 1.82) is 0 Å². The monoisotopic (exact) mass is 303 g/mol. The molecule has 2 rings (SSSR count). The number of amides is 1. The third-order valence-corrected chi connectivity index (χ3v) is 3.91. The van der Waals surface area contributed by atoms with Crippen LogP contribution in [0, 0.1) is 13.8 Å². The van der Waals surface area contributed by atoms with Gasteiger partial charge in [0.25, 0.3) is 5.91 Å². The lowest BCUT2D eigenvalue weighted by Gasteiger charge is -2.06. The summed E-state index contributed by atoms with van der Waals surface area (Å²) in [6, 6.07) is 8.54. The van der Waals surface area contributed by atoms with Crippen LogP contribution in [0.2, 0.25) is 0 Å². The highest BCUT2D eigenvalue weighted by molar-refractivity contribution is 7.12. The quantitative estimate of drug-likeness (QED) is 0.874. The second-order valence-electron chi connectivity index (χ2n) is 4.58. The number of rotatable bonds is 4. The van der Waals surface area contributed by atoms with Crippen LogP contribution in [0.15, 0.2) is 30.3 Å². The van der Waals surface area contributed by atoms with Crippen molar-refractivity contribution in [2.75, 3.05) is 11.9 Å². The van der Waals surface area contributed by atoms with Gasteiger partial charge in [-0.3, -0.25) is 4.79 Å². The Kier molecular flexibility index (Phi) is 4.75. The van der Waals surface area contributed by atoms with Gasteiger partial charge in [-0.25, -0.2) is 4.79 Å². The Morgan fingerprint density at radius 2 is 1.86 bits per heavy atom. The lowest BCUT2D eigenvalue weighted by molar-refractivity contribution is 0.0526. The number of thiophene rings is 1. The Bertz CT molecular complexity index is 659. The number of hydrogen-bond donors (Lipinski definition) is 1. The standard InChI is InChI=1S/C16H17NO3S/c1-4-20-16(19)12-5-7-13(8-6-12)17-15(18)14-9-10(2)21-11(14)3/h5-9H,4H2,1-3H3,(H,17,18). The Balaban J connectivity index is 2.08. The lowest BCUT2D eigenvalue weighted by atomic mass is 10.2. The summed E-state index contributed by atoms with van der Waals surface area (Å²) in [5.41, 5.74) is 1.81. The van der Waals surface area contributed by atoms with Gasteiger partial charge in [0, 0.05) is 15.4 Å². The van der Waals surface area contributed by atoms with Crippen LogP contribution in [0.5, 0.6) is 0 Å². The number of aryl methyl sites for hydroxylation is 2. The van der Waals surface area contributed by atoms with E-state index in [2.05, 4.69) is 5.32 Å². The summed E-state index contributed by atoms with van der Waals surface area (Å²) in [6.07, 6.45) is 0. The minimum atomic E-state index is -0.361. The van der Waals surface area contributed by atoms with Gasteiger partial charge in [0.2, 0.25) is 0 Å². The van der Waals surface area contributed by atoms with Gasteiger partial charge in [-0.15, -0.1) is 11.3 Å². The molecule has 0 fully saturated rings. The highest BCUT2D eigenvalue weighted by Crippen LogP contribution is 2.22. The van der Waals surface area contributed by atoms with Crippen molar-refractivity contribution in [2.24, 2.45) is 0 Å². The molecule has 0 radical (unpaired) electrons. The number of hydrogen-bond acceptors (Lipinski definition) is 4. The summed E-state index contributed by atoms with van der Waals surface area (Å²) in [4.78, 5) is 25.8. The summed E-state index contributed by atoms with van der Waals surface area (Å²) in [5, 5.41) is 2.83. The van der Waals surface area contributed by atoms with E-state index in [1.54, 1.807) is 42.5 Å². The Morgan fingerprint density at radius 1 is 1.19 bits per heavy atom. The molecule has 0 atom stereocenters. The van der Waals surface area contributed by atoms with Gasteiger partial charge in [0.05, 0.1) is 17.7 Å². The number of benzene rings is 1. The van der Waals surface area contributed by atoms with Gasteiger partial charge in [-0.2, -0.15) is 0 Å². The molecule has 0 aliphatic carbocycles. The maximum atomic E-state index is 12.2. The molecule has 1 aromatic carbocycles. The first kappa shape index (κ1) is 15.3. The van der Waals surface area contributed by atoms with E-state index in [1.807, 2.05) is 19.9 Å². The summed E-state index contributed by atoms with van der Waals surface area (Å²) in [5.74, 6) is -0.500. The van der Waals surface area contributed by atoms with Crippen molar-refractivity contribution in [3.63, 3.8) is 0 Å². The molecule has 0 saturated carbocycles. The van der Waals surface area contributed by atoms with Crippen LogP contribution >= 0.6 is 11.3 Å². The van der Waals surface area contributed by atoms with E-state index in [0.717, 1.165) is 9.75 Å². The molecule has 0 spiro atoms. The molecule has 1 heterocycles. The SMILES string of the molecule is CCOC(=O)c1ccc(NC(=O)c2cc(C)sc2C)cc1. The number of esters is 1. The minimum absolute atomic E-state index is 0.138. The van der Waals surface area contributed by atoms with Gasteiger partial charge < -0.3 is 10.1 Å². The van der Waals surface area contributed by atoms with E-state index < -0.39 is 0 Å². The second kappa shape index (κ2) is 6.54. The highest BCUT2D eigenvalue weighted by atomic mass is 32.1. The van der Waals surface area contributed by atoms with Crippen molar-refractivity contribution in [1.82, 2.24) is 0 Å². The van der Waals surface area contributed by atoms with Crippen LogP contribution in [0.1, 0.15) is 37.4 Å². The van der Waals surface area contributed by atoms with Crippen molar-refractivity contribution in [3.8, 4) is 0 Å². The van der Waals surface area contributed by atoms with E-state index in [-0.39, 0.29) is 11.9 Å². The fourth-order valence-electron chi connectivity index (χ4n) is 1.96. The normalized spacial score (nSPS) is 10.2. The van der Waals surface area contributed by atoms with E-state index >= 15 is 0 Å². The van der Waals surface area contributed by atoms with E-state index in [9.17, 15) is 9.59 Å². The number of nitrogens with one attached hydrogen (secondary N) is 1. The molecule has 4 nitrogen and oxygen atoms in total. The third-order valence-electron chi connectivity index (χ3n) is 2.94. The smallest absolute Gasteiger partial charge is 0.338 e. The predicted octanol–water partition coefficient (Wildman–Crippen LogP) is 3.79. The van der Waals surface area contributed by atoms with Crippen molar-refractivity contribution < 1.29 is 14.3 Å². The molecule has 0 unspecified atom stereocenters. The van der Waals surface area contributed by atoms with Crippen molar-refractivity contribution >= 4 is 28.9 Å². The number of ether oxygens (including phenoxy) is 1. The molecule has 110 valence electrons. The molecule has 2 aromatic rings. The first-order valence-corrected chi connectivity index (χ1v) is 7.48. The Morgan fingerprint density at radius 3 is 2.38 bits per heavy atom. The molecular weight excluding hydrogens is 286 g/mol. The fourth-order valence-corrected chi connectivity index (χ4v) is 2.88. The zero-order valence-corrected chi connectivity index (χ0v) is 13.0. The maximum Gasteiger partial charge on any atom is 0.338 e. The number of anilines is 1. The fraction of sp³-hybridized carbons (Fsp3) is 0.250. The van der Waals surface area contributed by atoms with Crippen LogP contribution in [0.25, 0.3) is 0 Å². The van der Waals surface area contributed by atoms with E-state index in [4.69, 9.17) is 4.74 Å². The van der Waals surface area contributed by atoms with Crippen molar-refractivity contribution in [2.45, 2.75) is 20.8 Å². The summed E-state index contributed by atoms with van der Waals surface area (Å²) in [7, 11) is 0. The summed E-state index contributed by atoms with van der Waals surface area (Å²) < 4.78 is 4.91. The van der Waals surface area contributed by atoms with Gasteiger partial charge in [0.15, 0.2) is 0 Å². The minimum Gasteiger partial charge on any atom is -0.462 e. The molecule has 0 aliphatic heterocycles. The largest absolute Gasteiger partial charge is 0.462 e. The van der Waals surface area contributed by atoms with E-state index in [0.29, 0.717) is 23.4 Å². The Hall–Kier alpha value is -2.14. The predicted molar refractivity (Wildman–Crippen MR) is 84.1 cm³/mol. The average Bonchev–Trinajstić information content (AvgIpc) is 2.79. The number of carbonyl (C=O) groups is 2. The van der Waals surface area contributed by atoms with Gasteiger partial charge in [0.1, 0.15) is 0 Å².